The number of aliphatic hydroxyl groups excluding tert-OH is 1. The van der Waals surface area contributed by atoms with Gasteiger partial charge in [-0.15, -0.1) is 0 Å². The quantitative estimate of drug-likeness (QED) is 0.0146. The van der Waals surface area contributed by atoms with Crippen LogP contribution in [0, 0.1) is 0 Å². The number of nitrogens with one attached hydrogen (secondary N) is 2. The Bertz CT molecular complexity index is 1910. The maximum atomic E-state index is 14.1. The summed E-state index contributed by atoms with van der Waals surface area (Å²) in [6.45, 7) is 7.79. The van der Waals surface area contributed by atoms with Gasteiger partial charge in [0.2, 0.25) is 11.8 Å². The molecule has 2 heterocycles. The second-order valence-corrected chi connectivity index (χ2v) is 27.1. The van der Waals surface area contributed by atoms with Gasteiger partial charge < -0.3 is 77.6 Å². The summed E-state index contributed by atoms with van der Waals surface area (Å²) in [6.07, 6.45) is 28.8. The zero-order valence-electron chi connectivity index (χ0n) is 57.9. The fourth-order valence-electron chi connectivity index (χ4n) is 11.7. The van der Waals surface area contributed by atoms with E-state index < -0.39 is 102 Å². The number of methoxy groups -OCH3 is 2. The Morgan fingerprint density at radius 1 is 0.505 bits per heavy atom. The Kier molecular flexibility index (Phi) is 58.2. The third kappa shape index (κ3) is 45.5. The molecule has 21 nitrogen and oxygen atoms in total. The fourth-order valence-corrected chi connectivity index (χ4v) is 12.7. The predicted octanol–water partition coefficient (Wildman–Crippen LogP) is 6.36. The van der Waals surface area contributed by atoms with Gasteiger partial charge in [0.25, 0.3) is 0 Å². The van der Waals surface area contributed by atoms with E-state index in [1.807, 2.05) is 0 Å². The monoisotopic (exact) mass is 1360 g/mol. The van der Waals surface area contributed by atoms with Crippen molar-refractivity contribution < 1.29 is 150 Å². The number of Topliss-reactive ketones (excluding diaryl/α,β-unsaturated/α-hetero) is 1. The van der Waals surface area contributed by atoms with Crippen LogP contribution >= 0.6 is 15.6 Å². The normalized spacial score (nSPS) is 22.4. The van der Waals surface area contributed by atoms with Gasteiger partial charge in [-0.2, -0.15) is 0 Å². The van der Waals surface area contributed by atoms with Crippen LogP contribution in [0.4, 0.5) is 0 Å². The molecular weight excluding hydrogens is 1230 g/mol. The molecule has 0 aromatic heterocycles. The second kappa shape index (κ2) is 58.1. The van der Waals surface area contributed by atoms with Gasteiger partial charge in [-0.1, -0.05) is 220 Å². The molecule has 524 valence electrons. The molecule has 91 heavy (non-hydrogen) atoms. The molecule has 11 unspecified atom stereocenters. The first-order valence-electron chi connectivity index (χ1n) is 35.0. The van der Waals surface area contributed by atoms with Gasteiger partial charge in [-0.05, 0) is 57.8 Å². The summed E-state index contributed by atoms with van der Waals surface area (Å²) in [7, 11) is -8.21. The van der Waals surface area contributed by atoms with Crippen LogP contribution in [0.15, 0.2) is 12.2 Å². The number of amides is 2. The molecule has 0 aromatic carbocycles. The first-order valence-corrected chi connectivity index (χ1v) is 38.0. The number of unbranched alkanes of at least 4 members (excludes halogenated alkanes) is 30. The molecule has 2 aliphatic rings. The molecule has 11 atom stereocenters. The van der Waals surface area contributed by atoms with E-state index in [1.54, 1.807) is 7.11 Å². The fraction of sp³-hybridized carbons (Fsp3) is 0.924. The van der Waals surface area contributed by atoms with Crippen molar-refractivity contribution in [3.63, 3.8) is 0 Å². The van der Waals surface area contributed by atoms with Crippen LogP contribution in [0.5, 0.6) is 0 Å². The molecule has 2 fully saturated rings. The number of rotatable bonds is 59. The third-order valence-electron chi connectivity index (χ3n) is 16.8. The molecule has 0 saturated carbocycles. The first-order chi connectivity index (χ1) is 42.9. The number of ether oxygens (including phenoxy) is 7. The van der Waals surface area contributed by atoms with Gasteiger partial charge >= 0.3 is 66.9 Å². The number of phosphoric acid groups is 2. The minimum Gasteiger partial charge on any atom is -0.790 e. The first kappa shape index (κ1) is 91.2. The number of ketones is 1. The van der Waals surface area contributed by atoms with E-state index in [4.69, 9.17) is 42.2 Å². The maximum absolute atomic E-state index is 14.1. The van der Waals surface area contributed by atoms with Crippen LogP contribution in [0.25, 0.3) is 0 Å². The molecular formula is C66H124N2Na2O19P2. The number of carbonyl (C=O) groups excluding carboxylic acids is 3. The smallest absolute Gasteiger partial charge is 0.790 e. The van der Waals surface area contributed by atoms with Crippen LogP contribution in [-0.2, 0) is 65.7 Å². The Balaban J connectivity index is 0.0000405. The molecule has 0 aromatic rings. The SMILES string of the molecule is CCCCCC/C=C\CCCCCCCCCC(=O)NC1C(OCC2OC(OP(=O)([O-])[O-])C(NC(=O)CC(=O)CCCCCCCCCCC)C(OCCCCCCCCCC)C2O)OC(COC)C(OP(=O)(O)O)C1OCCC(CCCCCCC)OC.[Na+].[Na+]. The number of carbonyl (C=O) groups is 3. The third-order valence-corrected chi connectivity index (χ3v) is 17.8. The summed E-state index contributed by atoms with van der Waals surface area (Å²) in [5.41, 5.74) is 0. The topological polar surface area (TPSA) is 299 Å². The summed E-state index contributed by atoms with van der Waals surface area (Å²) in [5, 5.41) is 17.8. The molecule has 5 N–H and O–H groups in total. The van der Waals surface area contributed by atoms with E-state index in [2.05, 4.69) is 50.5 Å². The number of allylic oxidation sites excluding steroid dienone is 2. The van der Waals surface area contributed by atoms with Crippen molar-refractivity contribution in [2.24, 2.45) is 0 Å². The Morgan fingerprint density at radius 2 is 0.956 bits per heavy atom. The predicted molar refractivity (Wildman–Crippen MR) is 342 cm³/mol. The van der Waals surface area contributed by atoms with E-state index in [9.17, 15) is 48.2 Å². The van der Waals surface area contributed by atoms with Crippen molar-refractivity contribution >= 4 is 33.2 Å². The van der Waals surface area contributed by atoms with Gasteiger partial charge in [0.05, 0.1) is 33.6 Å². The Hall–Kier alpha value is 0.250. The standard InChI is InChI=1S/C66H126N2O19P2.2Na/c1-7-11-15-19-22-25-26-27-28-29-30-32-34-38-42-46-57(70)67-60-64(82-49-47-54(80-6)45-41-36-18-14-10-4)62(86-88(73,74)75)56(51-79-5)85-65(60)83-52-55-61(72)63(81-48-43-39-35-24-21-17-13-9-3)59(66(84-55)87-89(76,77)78)68-58(71)50-53(69)44-40-37-33-31-23-20-16-12-8-2;;/h25-26,54-56,59-66,72H,7-24,27-52H2,1-6H3,(H,67,70)(H,68,71)(H2,73,74,75)(H2,76,77,78);;/q;2*+1/p-2/b26-25-;;. The minimum atomic E-state index is -5.89. The average molecular weight is 1360 g/mol. The van der Waals surface area contributed by atoms with E-state index in [1.165, 1.54) is 58.5 Å². The molecule has 25 heteroatoms. The summed E-state index contributed by atoms with van der Waals surface area (Å²) < 4.78 is 78.6. The van der Waals surface area contributed by atoms with E-state index in [0.29, 0.717) is 25.7 Å². The molecule has 0 bridgehead atoms. The van der Waals surface area contributed by atoms with Crippen molar-refractivity contribution in [3.05, 3.63) is 12.2 Å². The Labute approximate surface area is 593 Å². The maximum Gasteiger partial charge on any atom is 1.00 e. The van der Waals surface area contributed by atoms with Crippen LogP contribution < -0.4 is 79.5 Å². The van der Waals surface area contributed by atoms with Crippen molar-refractivity contribution in [2.45, 2.75) is 352 Å². The van der Waals surface area contributed by atoms with Crippen LogP contribution in [0.1, 0.15) is 285 Å². The van der Waals surface area contributed by atoms with Crippen molar-refractivity contribution in [1.29, 1.82) is 0 Å². The van der Waals surface area contributed by atoms with Gasteiger partial charge in [-0.25, -0.2) is 4.57 Å². The largest absolute Gasteiger partial charge is 1.00 e. The minimum absolute atomic E-state index is 0. The number of hydrogen-bond acceptors (Lipinski definition) is 17. The molecule has 2 aliphatic heterocycles. The van der Waals surface area contributed by atoms with Gasteiger partial charge in [0, 0.05) is 40.3 Å². The molecule has 0 radical (unpaired) electrons. The van der Waals surface area contributed by atoms with E-state index in [-0.39, 0.29) is 104 Å². The zero-order chi connectivity index (χ0) is 65.4. The van der Waals surface area contributed by atoms with E-state index in [0.717, 1.165) is 161 Å². The van der Waals surface area contributed by atoms with Gasteiger partial charge in [0.15, 0.2) is 12.6 Å². The molecule has 0 aliphatic carbocycles. The summed E-state index contributed by atoms with van der Waals surface area (Å²) in [4.78, 5) is 86.5. The van der Waals surface area contributed by atoms with Gasteiger partial charge in [0.1, 0.15) is 54.5 Å². The molecule has 0 spiro atoms. The van der Waals surface area contributed by atoms with Crippen molar-refractivity contribution in [2.75, 3.05) is 40.6 Å². The second-order valence-electron chi connectivity index (χ2n) is 24.8. The molecule has 2 saturated heterocycles. The Morgan fingerprint density at radius 3 is 1.47 bits per heavy atom. The van der Waals surface area contributed by atoms with Gasteiger partial charge in [-0.3, -0.25) is 18.9 Å². The molecule has 2 amide bonds. The number of hydrogen-bond donors (Lipinski definition) is 5. The number of aliphatic hydroxyl groups is 1. The zero-order valence-corrected chi connectivity index (χ0v) is 63.7. The van der Waals surface area contributed by atoms with Crippen LogP contribution in [0.3, 0.4) is 0 Å². The van der Waals surface area contributed by atoms with Crippen molar-refractivity contribution in [1.82, 2.24) is 10.6 Å². The van der Waals surface area contributed by atoms with Crippen molar-refractivity contribution in [3.8, 4) is 0 Å². The number of phosphoric ester groups is 2. The van der Waals surface area contributed by atoms with E-state index >= 15 is 0 Å². The summed E-state index contributed by atoms with van der Waals surface area (Å²) in [6, 6.07) is -2.94. The average Bonchev–Trinajstić information content (AvgIpc) is 0.828. The molecule has 2 rings (SSSR count). The van der Waals surface area contributed by atoms with Crippen LogP contribution in [-0.4, -0.2) is 141 Å². The summed E-state index contributed by atoms with van der Waals surface area (Å²) >= 11 is 0. The summed E-state index contributed by atoms with van der Waals surface area (Å²) in [5.74, 6) is -1.60. The van der Waals surface area contributed by atoms with Crippen LogP contribution in [0.2, 0.25) is 0 Å².